The summed E-state index contributed by atoms with van der Waals surface area (Å²) in [6, 6.07) is 5.41. The number of halogens is 1. The molecule has 2 fully saturated rings. The van der Waals surface area contributed by atoms with Gasteiger partial charge in [0.05, 0.1) is 22.8 Å². The zero-order valence-electron chi connectivity index (χ0n) is 19.5. The highest BCUT2D eigenvalue weighted by molar-refractivity contribution is 6.31. The van der Waals surface area contributed by atoms with Gasteiger partial charge in [0, 0.05) is 51.0 Å². The van der Waals surface area contributed by atoms with Crippen LogP contribution in [0.2, 0.25) is 5.02 Å². The Morgan fingerprint density at radius 3 is 2.69 bits per heavy atom. The Kier molecular flexibility index (Phi) is 6.28. The van der Waals surface area contributed by atoms with Crippen LogP contribution in [0.4, 0.5) is 0 Å². The minimum atomic E-state index is 0.259. The molecule has 0 radical (unpaired) electrons. The lowest BCUT2D eigenvalue weighted by molar-refractivity contribution is 0.0884. The Morgan fingerprint density at radius 1 is 1.12 bits per heavy atom. The average Bonchev–Trinajstić information content (AvgIpc) is 3.24. The molecular formula is C25H35ClN6. The van der Waals surface area contributed by atoms with Crippen LogP contribution in [0.5, 0.6) is 0 Å². The van der Waals surface area contributed by atoms with Gasteiger partial charge in [-0.15, -0.1) is 0 Å². The van der Waals surface area contributed by atoms with Crippen LogP contribution in [-0.4, -0.2) is 88.3 Å². The summed E-state index contributed by atoms with van der Waals surface area (Å²) in [6.45, 7) is 9.94. The van der Waals surface area contributed by atoms with E-state index in [1.165, 1.54) is 18.7 Å². The van der Waals surface area contributed by atoms with E-state index in [4.69, 9.17) is 16.6 Å². The molecule has 0 bridgehead atoms. The number of likely N-dealkylation sites (N-methyl/N-ethyl adjacent to an activating group) is 1. The number of aromatic nitrogens is 1. The van der Waals surface area contributed by atoms with Crippen molar-refractivity contribution in [3.8, 4) is 0 Å². The molecule has 5 heterocycles. The number of pyridine rings is 1. The fraction of sp³-hybridized carbons (Fsp3) is 0.600. The Balaban J connectivity index is 1.29. The monoisotopic (exact) mass is 454 g/mol. The Morgan fingerprint density at radius 2 is 1.94 bits per heavy atom. The summed E-state index contributed by atoms with van der Waals surface area (Å²) in [5, 5.41) is 0.772. The lowest BCUT2D eigenvalue weighted by atomic mass is 9.90. The SMILES string of the molecule is CC(C)N1CCN(C2=CC=CC3=NC([C@H]4CCC[C@@H](c5ncccc5Cl)N4C)CN23)CC1. The standard InChI is InChI=1S/C25H35ClN6/c1-18(2)30-13-15-31(16-14-30)24-11-5-10-23-28-20(17-32(23)24)21-8-4-9-22(29(21)3)25-19(26)7-6-12-27-25/h5-7,10-12,18,20-22H,4,8-9,13-17H2,1-3H3/t20?,21-,22+/m1/s1. The summed E-state index contributed by atoms with van der Waals surface area (Å²) in [5.74, 6) is 2.44. The number of amidine groups is 1. The molecule has 0 amide bonds. The molecule has 32 heavy (non-hydrogen) atoms. The minimum absolute atomic E-state index is 0.259. The first-order valence-electron chi connectivity index (χ1n) is 12.1. The molecule has 1 aromatic heterocycles. The van der Waals surface area contributed by atoms with Crippen LogP contribution in [-0.2, 0) is 0 Å². The molecule has 4 aliphatic rings. The maximum atomic E-state index is 6.51. The van der Waals surface area contributed by atoms with Crippen LogP contribution >= 0.6 is 11.6 Å². The molecule has 0 aliphatic carbocycles. The smallest absolute Gasteiger partial charge is 0.129 e. The molecule has 2 saturated heterocycles. The average molecular weight is 455 g/mol. The van der Waals surface area contributed by atoms with Crippen LogP contribution in [0, 0.1) is 0 Å². The zero-order chi connectivity index (χ0) is 22.2. The molecule has 1 unspecified atom stereocenters. The quantitative estimate of drug-likeness (QED) is 0.692. The number of piperidine rings is 1. The second-order valence-electron chi connectivity index (χ2n) is 9.72. The summed E-state index contributed by atoms with van der Waals surface area (Å²) in [6.07, 6.45) is 11.9. The molecule has 0 spiro atoms. The topological polar surface area (TPSA) is 38.2 Å². The van der Waals surface area contributed by atoms with E-state index in [-0.39, 0.29) is 12.1 Å². The van der Waals surface area contributed by atoms with Crippen LogP contribution in [0.25, 0.3) is 0 Å². The summed E-state index contributed by atoms with van der Waals surface area (Å²) in [4.78, 5) is 19.9. The van der Waals surface area contributed by atoms with Gasteiger partial charge in [-0.2, -0.15) is 0 Å². The third-order valence-electron chi connectivity index (χ3n) is 7.62. The third-order valence-corrected chi connectivity index (χ3v) is 7.94. The Hall–Kier alpha value is -1.89. The molecule has 6 nitrogen and oxygen atoms in total. The molecule has 7 heteroatoms. The van der Waals surface area contributed by atoms with Crippen molar-refractivity contribution in [2.24, 2.45) is 4.99 Å². The first-order valence-corrected chi connectivity index (χ1v) is 12.5. The van der Waals surface area contributed by atoms with Gasteiger partial charge in [0.1, 0.15) is 11.7 Å². The number of allylic oxidation sites excluding steroid dienone is 2. The summed E-state index contributed by atoms with van der Waals surface area (Å²) in [7, 11) is 2.23. The zero-order valence-corrected chi connectivity index (χ0v) is 20.2. The van der Waals surface area contributed by atoms with Crippen molar-refractivity contribution in [3.05, 3.63) is 53.1 Å². The summed E-state index contributed by atoms with van der Waals surface area (Å²) >= 11 is 6.51. The number of fused-ring (bicyclic) bond motifs is 1. The molecule has 1 aromatic rings. The molecule has 4 aliphatic heterocycles. The number of hydrogen-bond donors (Lipinski definition) is 0. The molecule has 0 N–H and O–H groups in total. The van der Waals surface area contributed by atoms with E-state index >= 15 is 0 Å². The highest BCUT2D eigenvalue weighted by Crippen LogP contribution is 2.38. The van der Waals surface area contributed by atoms with Gasteiger partial charge in [-0.1, -0.05) is 17.7 Å². The summed E-state index contributed by atoms with van der Waals surface area (Å²) in [5.41, 5.74) is 1.01. The molecule has 5 rings (SSSR count). The fourth-order valence-electron chi connectivity index (χ4n) is 5.76. The van der Waals surface area contributed by atoms with Crippen LogP contribution in [0.3, 0.4) is 0 Å². The predicted molar refractivity (Wildman–Crippen MR) is 131 cm³/mol. The number of aliphatic imine (C=N–C) groups is 1. The molecule has 0 aromatic carbocycles. The first kappa shape index (κ1) is 21.9. The molecular weight excluding hydrogens is 420 g/mol. The lowest BCUT2D eigenvalue weighted by Gasteiger charge is -2.43. The van der Waals surface area contributed by atoms with E-state index < -0.39 is 0 Å². The van der Waals surface area contributed by atoms with Gasteiger partial charge in [0.25, 0.3) is 0 Å². The van der Waals surface area contributed by atoms with Gasteiger partial charge in [-0.3, -0.25) is 19.8 Å². The third kappa shape index (κ3) is 4.09. The maximum Gasteiger partial charge on any atom is 0.129 e. The number of nitrogens with zero attached hydrogens (tertiary/aromatic N) is 6. The lowest BCUT2D eigenvalue weighted by Crippen LogP contribution is -2.52. The van der Waals surface area contributed by atoms with E-state index in [1.54, 1.807) is 0 Å². The predicted octanol–water partition coefficient (Wildman–Crippen LogP) is 3.78. The van der Waals surface area contributed by atoms with E-state index in [1.807, 2.05) is 18.3 Å². The molecule has 3 atom stereocenters. The van der Waals surface area contributed by atoms with E-state index in [2.05, 4.69) is 63.7 Å². The van der Waals surface area contributed by atoms with Crippen molar-refractivity contribution in [2.75, 3.05) is 39.8 Å². The second-order valence-corrected chi connectivity index (χ2v) is 10.1. The van der Waals surface area contributed by atoms with Crippen molar-refractivity contribution >= 4 is 17.4 Å². The van der Waals surface area contributed by atoms with E-state index in [0.717, 1.165) is 55.7 Å². The van der Waals surface area contributed by atoms with Crippen molar-refractivity contribution in [2.45, 2.75) is 57.3 Å². The molecule has 172 valence electrons. The van der Waals surface area contributed by atoms with Gasteiger partial charge in [0.2, 0.25) is 0 Å². The van der Waals surface area contributed by atoms with Crippen molar-refractivity contribution in [1.29, 1.82) is 0 Å². The van der Waals surface area contributed by atoms with Gasteiger partial charge in [0.15, 0.2) is 0 Å². The number of rotatable bonds is 4. The normalized spacial score (nSPS) is 29.3. The van der Waals surface area contributed by atoms with E-state index in [9.17, 15) is 0 Å². The first-order chi connectivity index (χ1) is 15.5. The highest BCUT2D eigenvalue weighted by atomic mass is 35.5. The maximum absolute atomic E-state index is 6.51. The Bertz CT molecular complexity index is 917. The Labute approximate surface area is 197 Å². The van der Waals surface area contributed by atoms with Gasteiger partial charge in [-0.05, 0) is 64.4 Å². The summed E-state index contributed by atoms with van der Waals surface area (Å²) < 4.78 is 0. The van der Waals surface area contributed by atoms with Crippen LogP contribution in [0.15, 0.2) is 47.4 Å². The van der Waals surface area contributed by atoms with Gasteiger partial charge in [-0.25, -0.2) is 0 Å². The minimum Gasteiger partial charge on any atom is -0.355 e. The number of likely N-dealkylation sites (tertiary alicyclic amines) is 1. The fourth-order valence-corrected chi connectivity index (χ4v) is 6.01. The largest absolute Gasteiger partial charge is 0.355 e. The number of piperazine rings is 1. The highest BCUT2D eigenvalue weighted by Gasteiger charge is 2.40. The van der Waals surface area contributed by atoms with E-state index in [0.29, 0.717) is 12.1 Å². The number of hydrogen-bond acceptors (Lipinski definition) is 6. The van der Waals surface area contributed by atoms with Gasteiger partial charge >= 0.3 is 0 Å². The van der Waals surface area contributed by atoms with Gasteiger partial charge < -0.3 is 9.80 Å². The van der Waals surface area contributed by atoms with Crippen molar-refractivity contribution < 1.29 is 0 Å². The van der Waals surface area contributed by atoms with Crippen molar-refractivity contribution in [1.82, 2.24) is 24.6 Å². The van der Waals surface area contributed by atoms with Crippen LogP contribution in [0.1, 0.15) is 44.8 Å². The second kappa shape index (κ2) is 9.16. The van der Waals surface area contributed by atoms with Crippen molar-refractivity contribution in [3.63, 3.8) is 0 Å². The van der Waals surface area contributed by atoms with Crippen LogP contribution < -0.4 is 0 Å². The molecule has 0 saturated carbocycles.